The van der Waals surface area contributed by atoms with Gasteiger partial charge in [0.1, 0.15) is 12.4 Å². The predicted octanol–water partition coefficient (Wildman–Crippen LogP) is 3.49. The van der Waals surface area contributed by atoms with Crippen LogP contribution in [0, 0.1) is 34.2 Å². The van der Waals surface area contributed by atoms with Gasteiger partial charge in [0.2, 0.25) is 0 Å². The topological polar surface area (TPSA) is 76.2 Å². The summed E-state index contributed by atoms with van der Waals surface area (Å²) in [6, 6.07) is 10.3. The minimum absolute atomic E-state index is 0.0574. The van der Waals surface area contributed by atoms with Crippen molar-refractivity contribution in [2.24, 2.45) is 0 Å². The predicted molar refractivity (Wildman–Crippen MR) is 73.3 cm³/mol. The van der Waals surface area contributed by atoms with Crippen molar-refractivity contribution in [3.8, 4) is 11.8 Å². The summed E-state index contributed by atoms with van der Waals surface area (Å²) in [6.07, 6.45) is 0. The Morgan fingerprint density at radius 1 is 1.38 bits per heavy atom. The Labute approximate surface area is 120 Å². The fraction of sp³-hybridized carbons (Fsp3) is 0.133. The van der Waals surface area contributed by atoms with Crippen LogP contribution in [-0.4, -0.2) is 4.92 Å². The number of para-hydroxylation sites is 1. The lowest BCUT2D eigenvalue weighted by atomic mass is 10.1. The van der Waals surface area contributed by atoms with Gasteiger partial charge >= 0.3 is 5.69 Å². The van der Waals surface area contributed by atoms with E-state index in [2.05, 4.69) is 0 Å². The molecule has 106 valence electrons. The molecule has 0 aliphatic carbocycles. The van der Waals surface area contributed by atoms with E-state index in [1.807, 2.05) is 6.07 Å². The van der Waals surface area contributed by atoms with Crippen molar-refractivity contribution in [1.82, 2.24) is 0 Å². The quantitative estimate of drug-likeness (QED) is 0.636. The van der Waals surface area contributed by atoms with Gasteiger partial charge in [-0.1, -0.05) is 12.1 Å². The molecule has 0 heterocycles. The Balaban J connectivity index is 2.27. The van der Waals surface area contributed by atoms with E-state index >= 15 is 0 Å². The lowest BCUT2D eigenvalue weighted by Gasteiger charge is -2.09. The summed E-state index contributed by atoms with van der Waals surface area (Å²) < 4.78 is 18.8. The van der Waals surface area contributed by atoms with Crippen LogP contribution in [0.5, 0.6) is 5.75 Å². The first kappa shape index (κ1) is 14.5. The monoisotopic (exact) mass is 286 g/mol. The van der Waals surface area contributed by atoms with E-state index in [1.54, 1.807) is 19.1 Å². The molecule has 0 saturated heterocycles. The minimum atomic E-state index is -0.549. The van der Waals surface area contributed by atoms with Crippen LogP contribution in [0.15, 0.2) is 36.4 Å². The highest BCUT2D eigenvalue weighted by Gasteiger charge is 2.17. The molecule has 2 aromatic carbocycles. The third-order valence-corrected chi connectivity index (χ3v) is 2.86. The van der Waals surface area contributed by atoms with Crippen molar-refractivity contribution in [3.05, 3.63) is 69.0 Å². The van der Waals surface area contributed by atoms with Gasteiger partial charge in [0.25, 0.3) is 0 Å². The highest BCUT2D eigenvalue weighted by atomic mass is 19.1. The zero-order chi connectivity index (χ0) is 15.4. The van der Waals surface area contributed by atoms with Gasteiger partial charge in [-0.3, -0.25) is 10.1 Å². The maximum absolute atomic E-state index is 13.3. The highest BCUT2D eigenvalue weighted by molar-refractivity contribution is 5.51. The zero-order valence-electron chi connectivity index (χ0n) is 11.2. The van der Waals surface area contributed by atoms with Crippen LogP contribution in [0.3, 0.4) is 0 Å². The van der Waals surface area contributed by atoms with E-state index < -0.39 is 10.7 Å². The molecule has 0 aliphatic heterocycles. The van der Waals surface area contributed by atoms with Gasteiger partial charge in [-0.15, -0.1) is 0 Å². The van der Waals surface area contributed by atoms with E-state index in [4.69, 9.17) is 10.00 Å². The highest BCUT2D eigenvalue weighted by Crippen LogP contribution is 2.31. The number of aryl methyl sites for hydroxylation is 1. The number of hydrogen-bond donors (Lipinski definition) is 0. The Bertz CT molecular complexity index is 738. The van der Waals surface area contributed by atoms with Crippen molar-refractivity contribution in [3.63, 3.8) is 0 Å². The number of halogens is 1. The average molecular weight is 286 g/mol. The van der Waals surface area contributed by atoms with Crippen molar-refractivity contribution < 1.29 is 14.1 Å². The molecule has 0 bridgehead atoms. The number of benzene rings is 2. The molecular formula is C15H11FN2O3. The molecule has 0 aromatic heterocycles. The van der Waals surface area contributed by atoms with Crippen LogP contribution < -0.4 is 4.74 Å². The number of ether oxygens (including phenoxy) is 1. The number of nitrogens with zero attached hydrogens (tertiary/aromatic N) is 2. The summed E-state index contributed by atoms with van der Waals surface area (Å²) in [5.41, 5.74) is 1.07. The summed E-state index contributed by atoms with van der Waals surface area (Å²) in [6.45, 7) is 1.63. The molecule has 0 amide bonds. The molecule has 0 unspecified atom stereocenters. The van der Waals surface area contributed by atoms with Crippen LogP contribution in [0.1, 0.15) is 16.7 Å². The largest absolute Gasteiger partial charge is 0.482 e. The van der Waals surface area contributed by atoms with Crippen molar-refractivity contribution in [1.29, 1.82) is 5.26 Å². The summed E-state index contributed by atoms with van der Waals surface area (Å²) in [4.78, 5) is 10.4. The fourth-order valence-electron chi connectivity index (χ4n) is 1.92. The van der Waals surface area contributed by atoms with E-state index in [0.717, 1.165) is 6.07 Å². The van der Waals surface area contributed by atoms with Crippen LogP contribution in [-0.2, 0) is 6.61 Å². The van der Waals surface area contributed by atoms with Gasteiger partial charge in [-0.2, -0.15) is 5.26 Å². The van der Waals surface area contributed by atoms with Gasteiger partial charge < -0.3 is 4.74 Å². The molecule has 0 radical (unpaired) electrons. The molecule has 0 spiro atoms. The van der Waals surface area contributed by atoms with Crippen LogP contribution >= 0.6 is 0 Å². The molecule has 2 rings (SSSR count). The van der Waals surface area contributed by atoms with Gasteiger partial charge in [-0.25, -0.2) is 4.39 Å². The number of nitro benzene ring substituents is 1. The average Bonchev–Trinajstić information content (AvgIpc) is 2.45. The lowest BCUT2D eigenvalue weighted by molar-refractivity contribution is -0.386. The third kappa shape index (κ3) is 3.34. The van der Waals surface area contributed by atoms with E-state index in [-0.39, 0.29) is 23.6 Å². The smallest absolute Gasteiger partial charge is 0.311 e. The Morgan fingerprint density at radius 3 is 2.81 bits per heavy atom. The second-order valence-corrected chi connectivity index (χ2v) is 4.43. The van der Waals surface area contributed by atoms with Gasteiger partial charge in [0.05, 0.1) is 16.6 Å². The van der Waals surface area contributed by atoms with Crippen molar-refractivity contribution in [2.45, 2.75) is 13.5 Å². The summed E-state index contributed by atoms with van der Waals surface area (Å²) >= 11 is 0. The van der Waals surface area contributed by atoms with E-state index in [0.29, 0.717) is 11.1 Å². The molecule has 21 heavy (non-hydrogen) atoms. The van der Waals surface area contributed by atoms with Crippen molar-refractivity contribution >= 4 is 5.69 Å². The molecule has 6 heteroatoms. The summed E-state index contributed by atoms with van der Waals surface area (Å²) in [5.74, 6) is -0.405. The van der Waals surface area contributed by atoms with Gasteiger partial charge in [0.15, 0.2) is 5.75 Å². The number of nitriles is 1. The van der Waals surface area contributed by atoms with Crippen LogP contribution in [0.25, 0.3) is 0 Å². The minimum Gasteiger partial charge on any atom is -0.482 e. The molecule has 5 nitrogen and oxygen atoms in total. The maximum Gasteiger partial charge on any atom is 0.311 e. The first-order valence-corrected chi connectivity index (χ1v) is 6.07. The van der Waals surface area contributed by atoms with E-state index in [9.17, 15) is 14.5 Å². The third-order valence-electron chi connectivity index (χ3n) is 2.86. The lowest BCUT2D eigenvalue weighted by Crippen LogP contribution is -2.01. The fourth-order valence-corrected chi connectivity index (χ4v) is 1.92. The van der Waals surface area contributed by atoms with Crippen LogP contribution in [0.4, 0.5) is 10.1 Å². The Morgan fingerprint density at radius 2 is 2.14 bits per heavy atom. The summed E-state index contributed by atoms with van der Waals surface area (Å²) in [5, 5.41) is 19.7. The summed E-state index contributed by atoms with van der Waals surface area (Å²) in [7, 11) is 0. The molecular weight excluding hydrogens is 275 g/mol. The normalized spacial score (nSPS) is 9.95. The van der Waals surface area contributed by atoms with Gasteiger partial charge in [0, 0.05) is 6.07 Å². The molecule has 0 atom stereocenters. The Hall–Kier alpha value is -2.94. The number of nitro groups is 1. The van der Waals surface area contributed by atoms with E-state index in [1.165, 1.54) is 18.2 Å². The second-order valence-electron chi connectivity index (χ2n) is 4.43. The maximum atomic E-state index is 13.3. The molecule has 0 aliphatic rings. The number of hydrogen-bond acceptors (Lipinski definition) is 4. The van der Waals surface area contributed by atoms with Crippen molar-refractivity contribution in [2.75, 3.05) is 0 Å². The van der Waals surface area contributed by atoms with Gasteiger partial charge in [-0.05, 0) is 36.2 Å². The number of rotatable bonds is 4. The molecule has 2 aromatic rings. The second kappa shape index (κ2) is 6.01. The molecule has 0 N–H and O–H groups in total. The standard InChI is InChI=1S/C15H11FN2O3/c1-10-3-2-4-14(18(19)20)15(10)21-9-12-5-11(8-17)6-13(16)7-12/h2-7H,9H2,1H3. The zero-order valence-corrected chi connectivity index (χ0v) is 11.2. The van der Waals surface area contributed by atoms with Crippen LogP contribution in [0.2, 0.25) is 0 Å². The molecule has 0 saturated carbocycles. The Kier molecular flexibility index (Phi) is 4.14. The molecule has 0 fully saturated rings. The SMILES string of the molecule is Cc1cccc([N+](=O)[O-])c1OCc1cc(F)cc(C#N)c1. The first-order chi connectivity index (χ1) is 10.0. The first-order valence-electron chi connectivity index (χ1n) is 6.07.